The van der Waals surface area contributed by atoms with Gasteiger partial charge in [-0.2, -0.15) is 0 Å². The minimum absolute atomic E-state index is 0.0132. The average Bonchev–Trinajstić information content (AvgIpc) is 3.18. The Labute approximate surface area is 301 Å². The van der Waals surface area contributed by atoms with Gasteiger partial charge >= 0.3 is 18.5 Å². The van der Waals surface area contributed by atoms with E-state index in [1.807, 2.05) is 11.8 Å². The zero-order valence-electron chi connectivity index (χ0n) is 30.6. The van der Waals surface area contributed by atoms with Crippen molar-refractivity contribution < 1.29 is 55.3 Å². The highest BCUT2D eigenvalue weighted by atomic mass is 19.4. The summed E-state index contributed by atoms with van der Waals surface area (Å²) < 4.78 is 95.2. The number of aromatic nitrogens is 2. The van der Waals surface area contributed by atoms with Gasteiger partial charge in [0.15, 0.2) is 23.7 Å². The van der Waals surface area contributed by atoms with Crippen LogP contribution in [0.25, 0.3) is 22.0 Å². The van der Waals surface area contributed by atoms with Crippen molar-refractivity contribution in [3.8, 4) is 22.9 Å². The van der Waals surface area contributed by atoms with Crippen LogP contribution in [0.1, 0.15) is 84.3 Å². The van der Waals surface area contributed by atoms with E-state index in [0.29, 0.717) is 25.2 Å². The fourth-order valence-electron chi connectivity index (χ4n) is 7.51. The Bertz CT molecular complexity index is 2030. The van der Waals surface area contributed by atoms with Crippen LogP contribution in [-0.2, 0) is 9.47 Å². The number of hydrogen-bond donors (Lipinski definition) is 1. The van der Waals surface area contributed by atoms with Crippen LogP contribution in [0.5, 0.6) is 11.6 Å². The highest BCUT2D eigenvalue weighted by Crippen LogP contribution is 2.51. The predicted molar refractivity (Wildman–Crippen MR) is 182 cm³/mol. The van der Waals surface area contributed by atoms with Crippen LogP contribution in [0.2, 0.25) is 0 Å². The third-order valence-electron chi connectivity index (χ3n) is 9.38. The summed E-state index contributed by atoms with van der Waals surface area (Å²) in [5.74, 6) is -4.41. The summed E-state index contributed by atoms with van der Waals surface area (Å²) in [4.78, 5) is 51.1. The molecule has 6 rings (SSSR count). The van der Waals surface area contributed by atoms with Gasteiger partial charge in [0.1, 0.15) is 34.5 Å². The molecular formula is C36H40F5N5O7. The second-order valence-corrected chi connectivity index (χ2v) is 15.8. The van der Waals surface area contributed by atoms with Crippen molar-refractivity contribution in [2.24, 2.45) is 0 Å². The average molecular weight is 750 g/mol. The summed E-state index contributed by atoms with van der Waals surface area (Å²) in [6.45, 7) is 15.1. The molecule has 4 atom stereocenters. The third-order valence-corrected chi connectivity index (χ3v) is 9.38. The van der Waals surface area contributed by atoms with Crippen LogP contribution in [0, 0.1) is 18.6 Å². The molecule has 286 valence electrons. The van der Waals surface area contributed by atoms with Gasteiger partial charge < -0.3 is 23.8 Å². The highest BCUT2D eigenvalue weighted by molar-refractivity contribution is 6.04. The first-order valence-corrected chi connectivity index (χ1v) is 17.0. The lowest BCUT2D eigenvalue weighted by molar-refractivity contribution is -0.275. The van der Waals surface area contributed by atoms with Crippen LogP contribution in [-0.4, -0.2) is 81.2 Å². The van der Waals surface area contributed by atoms with Gasteiger partial charge in [-0.3, -0.25) is 15.0 Å². The molecule has 2 fully saturated rings. The van der Waals surface area contributed by atoms with Crippen molar-refractivity contribution in [2.75, 3.05) is 16.8 Å². The number of halogens is 5. The third kappa shape index (κ3) is 6.97. The Morgan fingerprint density at radius 3 is 2.30 bits per heavy atom. The second kappa shape index (κ2) is 12.6. The van der Waals surface area contributed by atoms with Crippen LogP contribution in [0.3, 0.4) is 0 Å². The Kier molecular flexibility index (Phi) is 8.97. The van der Waals surface area contributed by atoms with Gasteiger partial charge in [0.05, 0.1) is 28.6 Å². The molecule has 1 aromatic carbocycles. The van der Waals surface area contributed by atoms with Crippen LogP contribution in [0.15, 0.2) is 12.1 Å². The maximum atomic E-state index is 17.1. The van der Waals surface area contributed by atoms with Gasteiger partial charge in [-0.25, -0.2) is 28.3 Å². The highest BCUT2D eigenvalue weighted by Gasteiger charge is 2.59. The first kappa shape index (κ1) is 37.8. The number of piperazine rings is 1. The summed E-state index contributed by atoms with van der Waals surface area (Å²) in [5, 5.41) is 2.01. The molecule has 0 spiro atoms. The van der Waals surface area contributed by atoms with E-state index in [9.17, 15) is 27.6 Å². The Morgan fingerprint density at radius 2 is 1.70 bits per heavy atom. The molecule has 17 heteroatoms. The molecule has 2 bridgehead atoms. The number of aldehydes is 1. The summed E-state index contributed by atoms with van der Waals surface area (Å²) in [6, 6.07) is 0.298. The first-order valence-electron chi connectivity index (χ1n) is 17.0. The Balaban J connectivity index is 1.57. The molecule has 53 heavy (non-hydrogen) atoms. The first-order chi connectivity index (χ1) is 24.4. The van der Waals surface area contributed by atoms with Gasteiger partial charge in [0, 0.05) is 23.7 Å². The SMILES string of the molecule is Cc1c(C=O)nc2c3c(nc(-c4cc(NC(=O)OC(C)(C)C)cc(F)c4OC(F)(F)F)c(F)c13)O[C@@H](C)[C@@H]1[C@@H]3CC[C@](C)(CN21)N3C(=O)OC(C)(C)C. The normalized spacial score (nSPS) is 22.5. The van der Waals surface area contributed by atoms with Crippen molar-refractivity contribution in [3.63, 3.8) is 0 Å². The number of amides is 2. The number of rotatable bonds is 4. The maximum absolute atomic E-state index is 17.1. The van der Waals surface area contributed by atoms with E-state index in [-0.39, 0.29) is 40.3 Å². The smallest absolute Gasteiger partial charge is 0.472 e. The summed E-state index contributed by atoms with van der Waals surface area (Å²) >= 11 is 0. The molecule has 3 aliphatic heterocycles. The lowest BCUT2D eigenvalue weighted by Gasteiger charge is -2.52. The molecule has 2 amide bonds. The molecule has 0 aliphatic carbocycles. The van der Waals surface area contributed by atoms with E-state index in [1.54, 1.807) is 53.4 Å². The minimum atomic E-state index is -5.42. The number of nitrogens with one attached hydrogen (secondary N) is 1. The monoisotopic (exact) mass is 749 g/mol. The van der Waals surface area contributed by atoms with E-state index >= 15 is 8.78 Å². The molecule has 3 aromatic rings. The zero-order chi connectivity index (χ0) is 39.2. The standard InChI is InChI=1S/C36H40F5N5O7/c1-16-21(14-47)43-29-24-23(16)25(38)26(19-12-18(42-31(48)52-33(3,4)5)13-20(37)28(19)51-36(39,40)41)44-30(24)50-17(2)27-22-10-11-35(9,15-45(27)29)46(22)32(49)53-34(6,7)8/h12-14,17,22,27H,10-11,15H2,1-9H3,(H,42,48)/t17-,22-,27+,35+/m0/s1. The number of anilines is 2. The van der Waals surface area contributed by atoms with Gasteiger partial charge in [-0.1, -0.05) is 0 Å². The van der Waals surface area contributed by atoms with E-state index in [0.717, 1.165) is 6.07 Å². The Morgan fingerprint density at radius 1 is 1.04 bits per heavy atom. The number of fused-ring (bicyclic) bond motifs is 5. The van der Waals surface area contributed by atoms with Gasteiger partial charge in [0.2, 0.25) is 5.88 Å². The second-order valence-electron chi connectivity index (χ2n) is 15.8. The fraction of sp³-hybridized carbons (Fsp3) is 0.528. The van der Waals surface area contributed by atoms with E-state index < -0.39 is 87.8 Å². The van der Waals surface area contributed by atoms with Crippen LogP contribution in [0.4, 0.5) is 43.0 Å². The van der Waals surface area contributed by atoms with E-state index in [4.69, 9.17) is 14.2 Å². The molecule has 1 N–H and O–H groups in total. The minimum Gasteiger partial charge on any atom is -0.472 e. The number of pyridine rings is 2. The van der Waals surface area contributed by atoms with Crippen molar-refractivity contribution in [1.82, 2.24) is 14.9 Å². The molecule has 5 heterocycles. The summed E-state index contributed by atoms with van der Waals surface area (Å²) in [5.41, 5.74) is -4.76. The molecule has 0 unspecified atom stereocenters. The molecular weight excluding hydrogens is 709 g/mol. The molecule has 12 nitrogen and oxygen atoms in total. The fourth-order valence-corrected chi connectivity index (χ4v) is 7.51. The number of ether oxygens (including phenoxy) is 4. The van der Waals surface area contributed by atoms with Crippen LogP contribution >= 0.6 is 0 Å². The Hall–Kier alpha value is -4.96. The number of alkyl halides is 3. The topological polar surface area (TPSA) is 132 Å². The van der Waals surface area contributed by atoms with E-state index in [1.165, 1.54) is 6.92 Å². The van der Waals surface area contributed by atoms with Gasteiger partial charge in [-0.15, -0.1) is 13.2 Å². The number of carbonyl (C=O) groups excluding carboxylic acids is 3. The lowest BCUT2D eigenvalue weighted by Crippen LogP contribution is -2.69. The summed E-state index contributed by atoms with van der Waals surface area (Å²) in [6.07, 6.45) is -6.27. The molecule has 3 aliphatic rings. The number of benzene rings is 1. The molecule has 2 saturated heterocycles. The van der Waals surface area contributed by atoms with Crippen molar-refractivity contribution in [1.29, 1.82) is 0 Å². The van der Waals surface area contributed by atoms with Crippen molar-refractivity contribution >= 4 is 40.8 Å². The quantitative estimate of drug-likeness (QED) is 0.206. The molecule has 2 aromatic heterocycles. The molecule has 0 saturated carbocycles. The molecule has 0 radical (unpaired) electrons. The van der Waals surface area contributed by atoms with Crippen molar-refractivity contribution in [3.05, 3.63) is 35.0 Å². The lowest BCUT2D eigenvalue weighted by atomic mass is 9.93. The zero-order valence-corrected chi connectivity index (χ0v) is 30.6. The largest absolute Gasteiger partial charge is 0.573 e. The number of carbonyl (C=O) groups is 3. The number of aryl methyl sites for hydroxylation is 1. The maximum Gasteiger partial charge on any atom is 0.573 e. The predicted octanol–water partition coefficient (Wildman–Crippen LogP) is 8.07. The van der Waals surface area contributed by atoms with Gasteiger partial charge in [-0.05, 0) is 86.8 Å². The van der Waals surface area contributed by atoms with Gasteiger partial charge in [0.25, 0.3) is 0 Å². The summed E-state index contributed by atoms with van der Waals surface area (Å²) in [7, 11) is 0. The van der Waals surface area contributed by atoms with Crippen LogP contribution < -0.4 is 19.7 Å². The number of nitrogens with zero attached hydrogens (tertiary/aromatic N) is 4. The van der Waals surface area contributed by atoms with E-state index in [2.05, 4.69) is 20.0 Å². The van der Waals surface area contributed by atoms with Crippen molar-refractivity contribution in [2.45, 2.75) is 116 Å². The number of hydrogen-bond acceptors (Lipinski definition) is 10.